The number of hydrogen-bond acceptors (Lipinski definition) is 5. The standard InChI is InChI=1S/C11H11F3N6/c1-20-9(16)8(15)18-10(19-20)17-7-4-2-3-6(5-7)11(12,13)14/h2-5,16H,1H3,(H3,15,17,18,19). The van der Waals surface area contributed by atoms with E-state index in [1.807, 2.05) is 0 Å². The number of nitrogens with two attached hydrogens (primary N) is 1. The highest BCUT2D eigenvalue weighted by Crippen LogP contribution is 2.31. The molecule has 0 atom stereocenters. The van der Waals surface area contributed by atoms with E-state index in [1.165, 1.54) is 19.2 Å². The predicted octanol–water partition coefficient (Wildman–Crippen LogP) is 1.64. The molecule has 0 saturated carbocycles. The molecule has 0 saturated heterocycles. The Morgan fingerprint density at radius 1 is 1.35 bits per heavy atom. The van der Waals surface area contributed by atoms with Crippen LogP contribution in [0, 0.1) is 5.41 Å². The molecule has 0 amide bonds. The first-order chi connectivity index (χ1) is 9.27. The van der Waals surface area contributed by atoms with Crippen molar-refractivity contribution >= 4 is 17.5 Å². The largest absolute Gasteiger partial charge is 0.416 e. The second-order valence-electron chi connectivity index (χ2n) is 4.00. The third kappa shape index (κ3) is 2.87. The van der Waals surface area contributed by atoms with Crippen molar-refractivity contribution in [1.29, 1.82) is 5.41 Å². The number of nitrogens with one attached hydrogen (secondary N) is 2. The maximum Gasteiger partial charge on any atom is 0.416 e. The molecular weight excluding hydrogens is 273 g/mol. The Morgan fingerprint density at radius 2 is 2.05 bits per heavy atom. The molecular formula is C11H11F3N6. The summed E-state index contributed by atoms with van der Waals surface area (Å²) in [5.74, 6) is -0.0581. The summed E-state index contributed by atoms with van der Waals surface area (Å²) in [6, 6.07) is 4.62. The summed E-state index contributed by atoms with van der Waals surface area (Å²) in [5, 5.41) is 14.0. The average molecular weight is 284 g/mol. The molecule has 9 heteroatoms. The van der Waals surface area contributed by atoms with Crippen molar-refractivity contribution in [2.45, 2.75) is 6.18 Å². The molecule has 1 aromatic carbocycles. The Bertz CT molecular complexity index is 665. The number of halogens is 3. The molecule has 1 heterocycles. The fourth-order valence-corrected chi connectivity index (χ4v) is 1.50. The van der Waals surface area contributed by atoms with Crippen LogP contribution in [-0.2, 0) is 13.2 Å². The van der Waals surface area contributed by atoms with Crippen molar-refractivity contribution in [2.75, 3.05) is 11.1 Å². The van der Waals surface area contributed by atoms with E-state index in [-0.39, 0.29) is 22.9 Å². The number of aromatic nitrogens is 3. The van der Waals surface area contributed by atoms with Crippen molar-refractivity contribution < 1.29 is 13.2 Å². The van der Waals surface area contributed by atoms with E-state index in [4.69, 9.17) is 11.1 Å². The van der Waals surface area contributed by atoms with Gasteiger partial charge in [0.25, 0.3) is 0 Å². The van der Waals surface area contributed by atoms with Crippen molar-refractivity contribution in [1.82, 2.24) is 14.8 Å². The normalized spacial score (nSPS) is 11.4. The molecule has 6 nitrogen and oxygen atoms in total. The van der Waals surface area contributed by atoms with Crippen LogP contribution in [0.2, 0.25) is 0 Å². The highest BCUT2D eigenvalue weighted by atomic mass is 19.4. The molecule has 0 unspecified atom stereocenters. The highest BCUT2D eigenvalue weighted by Gasteiger charge is 2.30. The van der Waals surface area contributed by atoms with Crippen LogP contribution in [0.3, 0.4) is 0 Å². The molecule has 2 rings (SSSR count). The SMILES string of the molecule is Cn1nc(Nc2cccc(C(F)(F)F)c2)nc(N)c1=N. The quantitative estimate of drug-likeness (QED) is 0.781. The summed E-state index contributed by atoms with van der Waals surface area (Å²) in [6.07, 6.45) is -4.42. The predicted molar refractivity (Wildman–Crippen MR) is 66.0 cm³/mol. The van der Waals surface area contributed by atoms with Crippen LogP contribution >= 0.6 is 0 Å². The molecule has 2 aromatic rings. The minimum absolute atomic E-state index is 0.0142. The maximum atomic E-state index is 12.6. The minimum Gasteiger partial charge on any atom is -0.380 e. The Hall–Kier alpha value is -2.58. The number of alkyl halides is 3. The Morgan fingerprint density at radius 3 is 2.65 bits per heavy atom. The van der Waals surface area contributed by atoms with E-state index >= 15 is 0 Å². The summed E-state index contributed by atoms with van der Waals surface area (Å²) >= 11 is 0. The summed E-state index contributed by atoms with van der Waals surface area (Å²) in [6.45, 7) is 0. The minimum atomic E-state index is -4.42. The lowest BCUT2D eigenvalue weighted by Gasteiger charge is -2.10. The van der Waals surface area contributed by atoms with Gasteiger partial charge in [0.2, 0.25) is 5.95 Å². The van der Waals surface area contributed by atoms with E-state index in [0.717, 1.165) is 16.8 Å². The molecule has 0 fully saturated rings. The monoisotopic (exact) mass is 284 g/mol. The Labute approximate surface area is 111 Å². The number of hydrogen-bond donors (Lipinski definition) is 3. The van der Waals surface area contributed by atoms with Gasteiger partial charge < -0.3 is 11.1 Å². The Kier molecular flexibility index (Phi) is 3.35. The number of nitrogens with zero attached hydrogens (tertiary/aromatic N) is 3. The van der Waals surface area contributed by atoms with E-state index in [0.29, 0.717) is 0 Å². The summed E-state index contributed by atoms with van der Waals surface area (Å²) in [7, 11) is 1.48. The van der Waals surface area contributed by atoms with Gasteiger partial charge in [-0.25, -0.2) is 4.68 Å². The first-order valence-corrected chi connectivity index (χ1v) is 5.47. The smallest absolute Gasteiger partial charge is 0.380 e. The average Bonchev–Trinajstić information content (AvgIpc) is 2.35. The van der Waals surface area contributed by atoms with Crippen molar-refractivity contribution in [3.63, 3.8) is 0 Å². The van der Waals surface area contributed by atoms with E-state index in [2.05, 4.69) is 15.4 Å². The van der Waals surface area contributed by atoms with Gasteiger partial charge in [0.05, 0.1) is 5.56 Å². The van der Waals surface area contributed by atoms with Crippen LogP contribution in [0.25, 0.3) is 0 Å². The number of benzene rings is 1. The molecule has 4 N–H and O–H groups in total. The van der Waals surface area contributed by atoms with Gasteiger partial charge in [0.1, 0.15) is 0 Å². The van der Waals surface area contributed by atoms with Crippen LogP contribution in [0.5, 0.6) is 0 Å². The fraction of sp³-hybridized carbons (Fsp3) is 0.182. The lowest BCUT2D eigenvalue weighted by atomic mass is 10.2. The number of rotatable bonds is 2. The van der Waals surface area contributed by atoms with Crippen LogP contribution in [-0.4, -0.2) is 14.8 Å². The van der Waals surface area contributed by atoms with Gasteiger partial charge in [0, 0.05) is 12.7 Å². The number of anilines is 3. The maximum absolute atomic E-state index is 12.6. The lowest BCUT2D eigenvalue weighted by molar-refractivity contribution is -0.137. The second kappa shape index (κ2) is 4.83. The molecule has 0 radical (unpaired) electrons. The lowest BCUT2D eigenvalue weighted by Crippen LogP contribution is -2.25. The van der Waals surface area contributed by atoms with Gasteiger partial charge in [-0.2, -0.15) is 18.2 Å². The fourth-order valence-electron chi connectivity index (χ4n) is 1.50. The summed E-state index contributed by atoms with van der Waals surface area (Å²) in [5.41, 5.74) is 4.81. The third-order valence-electron chi connectivity index (χ3n) is 2.48. The zero-order chi connectivity index (χ0) is 14.9. The van der Waals surface area contributed by atoms with Crippen LogP contribution in [0.15, 0.2) is 24.3 Å². The molecule has 0 bridgehead atoms. The molecule has 0 aliphatic carbocycles. The van der Waals surface area contributed by atoms with Gasteiger partial charge in [-0.15, -0.1) is 5.10 Å². The van der Waals surface area contributed by atoms with Gasteiger partial charge in [0.15, 0.2) is 11.3 Å². The Balaban J connectivity index is 2.33. The van der Waals surface area contributed by atoms with Gasteiger partial charge in [-0.3, -0.25) is 5.41 Å². The van der Waals surface area contributed by atoms with Crippen LogP contribution in [0.4, 0.5) is 30.6 Å². The topological polar surface area (TPSA) is 92.6 Å². The van der Waals surface area contributed by atoms with Crippen LogP contribution in [0.1, 0.15) is 5.56 Å². The molecule has 0 spiro atoms. The zero-order valence-corrected chi connectivity index (χ0v) is 10.4. The van der Waals surface area contributed by atoms with Crippen molar-refractivity contribution in [2.24, 2.45) is 7.05 Å². The summed E-state index contributed by atoms with van der Waals surface area (Å²) in [4.78, 5) is 3.79. The molecule has 0 aliphatic heterocycles. The van der Waals surface area contributed by atoms with Crippen molar-refractivity contribution in [3.05, 3.63) is 35.3 Å². The third-order valence-corrected chi connectivity index (χ3v) is 2.48. The van der Waals surface area contributed by atoms with Crippen LogP contribution < -0.4 is 16.5 Å². The van der Waals surface area contributed by atoms with Gasteiger partial charge >= 0.3 is 6.18 Å². The van der Waals surface area contributed by atoms with Crippen molar-refractivity contribution in [3.8, 4) is 0 Å². The molecule has 1 aromatic heterocycles. The van der Waals surface area contributed by atoms with Gasteiger partial charge in [-0.1, -0.05) is 6.07 Å². The number of nitrogen functional groups attached to an aromatic ring is 1. The van der Waals surface area contributed by atoms with E-state index in [9.17, 15) is 13.2 Å². The molecule has 0 aliphatic rings. The second-order valence-corrected chi connectivity index (χ2v) is 4.00. The first kappa shape index (κ1) is 13.8. The number of aryl methyl sites for hydroxylation is 1. The molecule has 20 heavy (non-hydrogen) atoms. The molecule has 106 valence electrons. The summed E-state index contributed by atoms with van der Waals surface area (Å²) < 4.78 is 38.9. The van der Waals surface area contributed by atoms with E-state index in [1.54, 1.807) is 0 Å². The first-order valence-electron chi connectivity index (χ1n) is 5.47. The van der Waals surface area contributed by atoms with Gasteiger partial charge in [-0.05, 0) is 18.2 Å². The highest BCUT2D eigenvalue weighted by molar-refractivity contribution is 5.55. The zero-order valence-electron chi connectivity index (χ0n) is 10.4. The van der Waals surface area contributed by atoms with E-state index < -0.39 is 11.7 Å².